The summed E-state index contributed by atoms with van der Waals surface area (Å²) in [6, 6.07) is 11.5. The van der Waals surface area contributed by atoms with Crippen LogP contribution in [0.3, 0.4) is 0 Å². The minimum atomic E-state index is -0.427. The first-order chi connectivity index (χ1) is 14.6. The second-order valence-electron chi connectivity index (χ2n) is 7.36. The van der Waals surface area contributed by atoms with Crippen LogP contribution in [-0.2, 0) is 20.7 Å². The van der Waals surface area contributed by atoms with Crippen molar-refractivity contribution < 1.29 is 19.1 Å². The molecule has 2 amide bonds. The van der Waals surface area contributed by atoms with Crippen LogP contribution >= 0.6 is 0 Å². The molecular weight excluding hydrogens is 382 g/mol. The molecule has 0 spiro atoms. The Balaban J connectivity index is 1.61. The number of carbonyl (C=O) groups is 2. The van der Waals surface area contributed by atoms with Gasteiger partial charge in [0.15, 0.2) is 0 Å². The summed E-state index contributed by atoms with van der Waals surface area (Å²) in [5, 5.41) is 2.86. The largest absolute Gasteiger partial charge is 0.474 e. The zero-order valence-electron chi connectivity index (χ0n) is 17.6. The summed E-state index contributed by atoms with van der Waals surface area (Å²) in [7, 11) is 1.59. The fourth-order valence-electron chi connectivity index (χ4n) is 3.41. The summed E-state index contributed by atoms with van der Waals surface area (Å²) in [6.45, 7) is 3.29. The maximum absolute atomic E-state index is 12.8. The number of ether oxygens (including phenoxy) is 2. The quantitative estimate of drug-likeness (QED) is 0.606. The number of anilines is 2. The Morgan fingerprint density at radius 3 is 2.77 bits per heavy atom. The molecule has 1 aliphatic rings. The van der Waals surface area contributed by atoms with E-state index >= 15 is 0 Å². The Morgan fingerprint density at radius 2 is 2.03 bits per heavy atom. The molecule has 1 N–H and O–H groups in total. The molecule has 1 atom stereocenters. The van der Waals surface area contributed by atoms with Gasteiger partial charge >= 0.3 is 0 Å². The summed E-state index contributed by atoms with van der Waals surface area (Å²) in [5.41, 5.74) is 2.59. The van der Waals surface area contributed by atoms with Gasteiger partial charge in [-0.2, -0.15) is 0 Å². The molecule has 0 bridgehead atoms. The molecule has 1 unspecified atom stereocenters. The SMILES string of the molecule is CCCCc1ccc(N2CC(C(=O)Nc3cccnc3OCCOC)CC2=O)cc1. The highest BCUT2D eigenvalue weighted by Crippen LogP contribution is 2.28. The lowest BCUT2D eigenvalue weighted by Crippen LogP contribution is -2.28. The lowest BCUT2D eigenvalue weighted by Gasteiger charge is -2.17. The van der Waals surface area contributed by atoms with Crippen molar-refractivity contribution in [3.8, 4) is 5.88 Å². The number of rotatable bonds is 10. The van der Waals surface area contributed by atoms with Crippen LogP contribution in [0.25, 0.3) is 0 Å². The zero-order chi connectivity index (χ0) is 21.3. The van der Waals surface area contributed by atoms with E-state index in [0.717, 1.165) is 24.9 Å². The monoisotopic (exact) mass is 411 g/mol. The Hall–Kier alpha value is -2.93. The average Bonchev–Trinajstić information content (AvgIpc) is 3.16. The predicted octanol–water partition coefficient (Wildman–Crippen LogP) is 3.44. The molecule has 0 aliphatic carbocycles. The number of aromatic nitrogens is 1. The highest BCUT2D eigenvalue weighted by atomic mass is 16.5. The van der Waals surface area contributed by atoms with Gasteiger partial charge in [-0.3, -0.25) is 9.59 Å². The Kier molecular flexibility index (Phi) is 7.79. The molecule has 0 radical (unpaired) electrons. The number of nitrogens with zero attached hydrogens (tertiary/aromatic N) is 2. The van der Waals surface area contributed by atoms with E-state index < -0.39 is 5.92 Å². The van der Waals surface area contributed by atoms with Gasteiger partial charge in [-0.25, -0.2) is 4.98 Å². The molecule has 0 saturated carbocycles. The van der Waals surface area contributed by atoms with Crippen LogP contribution in [0.15, 0.2) is 42.6 Å². The van der Waals surface area contributed by atoms with Gasteiger partial charge in [0, 0.05) is 32.0 Å². The minimum Gasteiger partial charge on any atom is -0.474 e. The standard InChI is InChI=1S/C23H29N3O4/c1-3-4-6-17-8-10-19(11-9-17)26-16-18(15-21(26)27)22(28)25-20-7-5-12-24-23(20)30-14-13-29-2/h5,7-12,18H,3-4,6,13-16H2,1-2H3,(H,25,28). The second kappa shape index (κ2) is 10.7. The van der Waals surface area contributed by atoms with E-state index in [2.05, 4.69) is 29.4 Å². The number of methoxy groups -OCH3 is 1. The molecule has 1 saturated heterocycles. The summed E-state index contributed by atoms with van der Waals surface area (Å²) in [4.78, 5) is 31.2. The molecule has 7 nitrogen and oxygen atoms in total. The van der Waals surface area contributed by atoms with Crippen LogP contribution in [0, 0.1) is 5.92 Å². The zero-order valence-corrected chi connectivity index (χ0v) is 17.6. The highest BCUT2D eigenvalue weighted by molar-refractivity contribution is 6.03. The molecule has 30 heavy (non-hydrogen) atoms. The van der Waals surface area contributed by atoms with E-state index in [9.17, 15) is 9.59 Å². The predicted molar refractivity (Wildman–Crippen MR) is 116 cm³/mol. The van der Waals surface area contributed by atoms with Crippen LogP contribution < -0.4 is 15.0 Å². The minimum absolute atomic E-state index is 0.0424. The molecule has 1 fully saturated rings. The maximum Gasteiger partial charge on any atom is 0.237 e. The van der Waals surface area contributed by atoms with Crippen LogP contribution in [-0.4, -0.2) is 43.7 Å². The number of pyridine rings is 1. The lowest BCUT2D eigenvalue weighted by atomic mass is 10.1. The van der Waals surface area contributed by atoms with Crippen molar-refractivity contribution in [1.82, 2.24) is 4.98 Å². The molecule has 1 aromatic heterocycles. The topological polar surface area (TPSA) is 80.8 Å². The number of aryl methyl sites for hydroxylation is 1. The molecule has 1 aromatic carbocycles. The maximum atomic E-state index is 12.8. The van der Waals surface area contributed by atoms with E-state index in [1.165, 1.54) is 5.56 Å². The van der Waals surface area contributed by atoms with Gasteiger partial charge in [-0.05, 0) is 42.7 Å². The number of nitrogens with one attached hydrogen (secondary N) is 1. The van der Waals surface area contributed by atoms with Gasteiger partial charge in [0.25, 0.3) is 0 Å². The van der Waals surface area contributed by atoms with Gasteiger partial charge in [-0.15, -0.1) is 0 Å². The summed E-state index contributed by atoms with van der Waals surface area (Å²) >= 11 is 0. The molecule has 3 rings (SSSR count). The summed E-state index contributed by atoms with van der Waals surface area (Å²) < 4.78 is 10.5. The van der Waals surface area contributed by atoms with Gasteiger partial charge in [0.2, 0.25) is 17.7 Å². The van der Waals surface area contributed by atoms with E-state index in [0.29, 0.717) is 31.3 Å². The average molecular weight is 412 g/mol. The number of carbonyl (C=O) groups excluding carboxylic acids is 2. The molecule has 2 heterocycles. The lowest BCUT2D eigenvalue weighted by molar-refractivity contribution is -0.122. The third kappa shape index (κ3) is 5.57. The molecular formula is C23H29N3O4. The first-order valence-electron chi connectivity index (χ1n) is 10.4. The molecule has 160 valence electrons. The Labute approximate surface area is 177 Å². The summed E-state index contributed by atoms with van der Waals surface area (Å²) in [5.74, 6) is -0.342. The van der Waals surface area contributed by atoms with Gasteiger partial charge in [-0.1, -0.05) is 25.5 Å². The smallest absolute Gasteiger partial charge is 0.237 e. The number of unbranched alkanes of at least 4 members (excludes halogenated alkanes) is 1. The van der Waals surface area contributed by atoms with Crippen molar-refractivity contribution in [1.29, 1.82) is 0 Å². The molecule has 2 aromatic rings. The van der Waals surface area contributed by atoms with Crippen molar-refractivity contribution in [2.45, 2.75) is 32.6 Å². The van der Waals surface area contributed by atoms with E-state index in [1.807, 2.05) is 12.1 Å². The van der Waals surface area contributed by atoms with Crippen LogP contribution in [0.4, 0.5) is 11.4 Å². The van der Waals surface area contributed by atoms with Gasteiger partial charge in [0.05, 0.1) is 12.5 Å². The van der Waals surface area contributed by atoms with Gasteiger partial charge in [0.1, 0.15) is 12.3 Å². The van der Waals surface area contributed by atoms with E-state index in [-0.39, 0.29) is 18.2 Å². The van der Waals surface area contributed by atoms with Crippen LogP contribution in [0.5, 0.6) is 5.88 Å². The summed E-state index contributed by atoms with van der Waals surface area (Å²) in [6.07, 6.45) is 5.12. The van der Waals surface area contributed by atoms with E-state index in [1.54, 1.807) is 30.3 Å². The Morgan fingerprint density at radius 1 is 1.23 bits per heavy atom. The van der Waals surface area contributed by atoms with Crippen molar-refractivity contribution in [3.63, 3.8) is 0 Å². The normalized spacial score (nSPS) is 16.0. The second-order valence-corrected chi connectivity index (χ2v) is 7.36. The molecule has 1 aliphatic heterocycles. The van der Waals surface area contributed by atoms with Crippen molar-refractivity contribution in [2.24, 2.45) is 5.92 Å². The third-order valence-corrected chi connectivity index (χ3v) is 5.12. The van der Waals surface area contributed by atoms with Crippen molar-refractivity contribution >= 4 is 23.2 Å². The number of hydrogen-bond donors (Lipinski definition) is 1. The number of benzene rings is 1. The van der Waals surface area contributed by atoms with Gasteiger partial charge < -0.3 is 19.7 Å². The highest BCUT2D eigenvalue weighted by Gasteiger charge is 2.35. The Bertz CT molecular complexity index is 854. The van der Waals surface area contributed by atoms with Crippen molar-refractivity contribution in [2.75, 3.05) is 37.1 Å². The molecule has 7 heteroatoms. The first kappa shape index (κ1) is 21.8. The van der Waals surface area contributed by atoms with E-state index in [4.69, 9.17) is 9.47 Å². The van der Waals surface area contributed by atoms with Crippen LogP contribution in [0.1, 0.15) is 31.7 Å². The number of hydrogen-bond acceptors (Lipinski definition) is 5. The third-order valence-electron chi connectivity index (χ3n) is 5.12. The van der Waals surface area contributed by atoms with Crippen LogP contribution in [0.2, 0.25) is 0 Å². The fraction of sp³-hybridized carbons (Fsp3) is 0.435. The van der Waals surface area contributed by atoms with Crippen molar-refractivity contribution in [3.05, 3.63) is 48.2 Å². The number of amides is 2. The first-order valence-corrected chi connectivity index (χ1v) is 10.4. The fourth-order valence-corrected chi connectivity index (χ4v) is 3.41.